The first-order valence-corrected chi connectivity index (χ1v) is 8.49. The Labute approximate surface area is 151 Å². The molecule has 2 aromatic heterocycles. The van der Waals surface area contributed by atoms with Crippen LogP contribution < -0.4 is 0 Å². The minimum atomic E-state index is -0.0271. The summed E-state index contributed by atoms with van der Waals surface area (Å²) in [7, 11) is 0. The maximum Gasteiger partial charge on any atom is 0.246 e. The van der Waals surface area contributed by atoms with Gasteiger partial charge in [0.2, 0.25) is 12.3 Å². The van der Waals surface area contributed by atoms with Crippen LogP contribution in [-0.2, 0) is 4.79 Å². The van der Waals surface area contributed by atoms with E-state index in [1.54, 1.807) is 24.5 Å². The first kappa shape index (κ1) is 16.2. The Morgan fingerprint density at radius 1 is 1.12 bits per heavy atom. The molecule has 3 aromatic rings. The van der Waals surface area contributed by atoms with Gasteiger partial charge in [0.15, 0.2) is 5.82 Å². The molecule has 1 fully saturated rings. The van der Waals surface area contributed by atoms with Crippen molar-refractivity contribution in [2.45, 2.75) is 11.8 Å². The van der Waals surface area contributed by atoms with Gasteiger partial charge in [-0.1, -0.05) is 41.6 Å². The molecule has 0 saturated carbocycles. The van der Waals surface area contributed by atoms with Crippen LogP contribution in [0.1, 0.15) is 28.8 Å². The minimum Gasteiger partial charge on any atom is -0.343 e. The fourth-order valence-corrected chi connectivity index (χ4v) is 3.37. The van der Waals surface area contributed by atoms with Gasteiger partial charge in [-0.15, -0.1) is 0 Å². The first-order chi connectivity index (χ1) is 12.8. The number of rotatable bonds is 4. The molecule has 6 heteroatoms. The van der Waals surface area contributed by atoms with Gasteiger partial charge in [-0.2, -0.15) is 4.98 Å². The molecular weight excluding hydrogens is 328 g/mol. The van der Waals surface area contributed by atoms with Crippen molar-refractivity contribution < 1.29 is 9.32 Å². The van der Waals surface area contributed by atoms with Crippen LogP contribution in [0.15, 0.2) is 71.9 Å². The van der Waals surface area contributed by atoms with Gasteiger partial charge in [0, 0.05) is 43.4 Å². The smallest absolute Gasteiger partial charge is 0.246 e. The summed E-state index contributed by atoms with van der Waals surface area (Å²) < 4.78 is 4.93. The van der Waals surface area contributed by atoms with Crippen LogP contribution in [0.3, 0.4) is 0 Å². The van der Waals surface area contributed by atoms with E-state index >= 15 is 0 Å². The number of nitrogens with zero attached hydrogens (tertiary/aromatic N) is 4. The van der Waals surface area contributed by atoms with Crippen molar-refractivity contribution in [1.82, 2.24) is 20.0 Å². The zero-order chi connectivity index (χ0) is 17.8. The second-order valence-electron chi connectivity index (χ2n) is 6.28. The molecule has 4 rings (SSSR count). The lowest BCUT2D eigenvalue weighted by Gasteiger charge is -2.15. The van der Waals surface area contributed by atoms with Gasteiger partial charge in [0.05, 0.1) is 0 Å². The zero-order valence-electron chi connectivity index (χ0n) is 14.1. The monoisotopic (exact) mass is 346 g/mol. The van der Waals surface area contributed by atoms with Gasteiger partial charge >= 0.3 is 0 Å². The summed E-state index contributed by atoms with van der Waals surface area (Å²) in [5.41, 5.74) is 2.07. The van der Waals surface area contributed by atoms with E-state index in [2.05, 4.69) is 27.3 Å². The molecule has 1 aromatic carbocycles. The molecule has 1 aliphatic heterocycles. The number of likely N-dealkylation sites (tertiary alicyclic amines) is 1. The summed E-state index contributed by atoms with van der Waals surface area (Å²) in [5, 5.41) is 4.01. The number of hydrogen-bond donors (Lipinski definition) is 0. The SMILES string of the molecule is O=C(/C=C\c1cccnc1)N1C[C@@H](c2ccccc2)[C@H](c2ncon2)C1. The highest BCUT2D eigenvalue weighted by atomic mass is 16.5. The lowest BCUT2D eigenvalue weighted by Crippen LogP contribution is -2.27. The second-order valence-corrected chi connectivity index (χ2v) is 6.28. The molecule has 6 nitrogen and oxygen atoms in total. The van der Waals surface area contributed by atoms with Crippen LogP contribution in [0.25, 0.3) is 6.08 Å². The highest BCUT2D eigenvalue weighted by Crippen LogP contribution is 2.38. The molecule has 0 bridgehead atoms. The number of carbonyl (C=O) groups excluding carboxylic acids is 1. The van der Waals surface area contributed by atoms with Crippen molar-refractivity contribution in [3.63, 3.8) is 0 Å². The van der Waals surface area contributed by atoms with Crippen molar-refractivity contribution in [1.29, 1.82) is 0 Å². The Morgan fingerprint density at radius 3 is 2.69 bits per heavy atom. The summed E-state index contributed by atoms with van der Waals surface area (Å²) in [6.45, 7) is 1.19. The molecular formula is C20H18N4O2. The normalized spacial score (nSPS) is 19.9. The summed E-state index contributed by atoms with van der Waals surface area (Å²) >= 11 is 0. The molecule has 1 amide bonds. The topological polar surface area (TPSA) is 72.1 Å². The van der Waals surface area contributed by atoms with Crippen LogP contribution in [0.2, 0.25) is 0 Å². The fourth-order valence-electron chi connectivity index (χ4n) is 3.37. The van der Waals surface area contributed by atoms with Gasteiger partial charge in [0.1, 0.15) is 0 Å². The summed E-state index contributed by atoms with van der Waals surface area (Å²) in [5.74, 6) is 0.780. The second kappa shape index (κ2) is 7.31. The lowest BCUT2D eigenvalue weighted by molar-refractivity contribution is -0.125. The van der Waals surface area contributed by atoms with E-state index in [1.165, 1.54) is 12.0 Å². The van der Waals surface area contributed by atoms with Crippen LogP contribution in [0, 0.1) is 0 Å². The number of benzene rings is 1. The third-order valence-corrected chi connectivity index (χ3v) is 4.67. The lowest BCUT2D eigenvalue weighted by atomic mass is 9.88. The maximum atomic E-state index is 12.7. The van der Waals surface area contributed by atoms with E-state index in [1.807, 2.05) is 35.2 Å². The predicted octanol–water partition coefficient (Wildman–Crippen LogP) is 2.89. The van der Waals surface area contributed by atoms with Gasteiger partial charge in [0.25, 0.3) is 0 Å². The highest BCUT2D eigenvalue weighted by Gasteiger charge is 2.38. The summed E-state index contributed by atoms with van der Waals surface area (Å²) in [6.07, 6.45) is 8.15. The number of pyridine rings is 1. The average Bonchev–Trinajstić information content (AvgIpc) is 3.37. The Hall–Kier alpha value is -3.28. The van der Waals surface area contributed by atoms with Crippen molar-refractivity contribution in [2.75, 3.05) is 13.1 Å². The highest BCUT2D eigenvalue weighted by molar-refractivity contribution is 5.92. The standard InChI is InChI=1S/C20H18N4O2/c25-19(9-8-15-5-4-10-21-11-15)24-12-17(16-6-2-1-3-7-16)18(13-24)20-22-14-26-23-20/h1-11,14,17-18H,12-13H2/b9-8-/t17-,18+/m0/s1. The summed E-state index contributed by atoms with van der Waals surface area (Å²) in [6, 6.07) is 13.9. The Kier molecular flexibility index (Phi) is 4.55. The van der Waals surface area contributed by atoms with Crippen LogP contribution in [-0.4, -0.2) is 39.0 Å². The predicted molar refractivity (Wildman–Crippen MR) is 96.1 cm³/mol. The molecule has 0 radical (unpaired) electrons. The molecule has 26 heavy (non-hydrogen) atoms. The minimum absolute atomic E-state index is 0.0203. The maximum absolute atomic E-state index is 12.7. The third-order valence-electron chi connectivity index (χ3n) is 4.67. The van der Waals surface area contributed by atoms with Gasteiger partial charge in [-0.3, -0.25) is 9.78 Å². The quantitative estimate of drug-likeness (QED) is 0.679. The number of hydrogen-bond acceptors (Lipinski definition) is 5. The molecule has 0 spiro atoms. The van der Waals surface area contributed by atoms with E-state index in [9.17, 15) is 4.79 Å². The van der Waals surface area contributed by atoms with Gasteiger partial charge < -0.3 is 9.42 Å². The molecule has 1 saturated heterocycles. The number of amides is 1. The van der Waals surface area contributed by atoms with Crippen LogP contribution in [0.5, 0.6) is 0 Å². The molecule has 2 atom stereocenters. The van der Waals surface area contributed by atoms with Crippen molar-refractivity contribution >= 4 is 12.0 Å². The summed E-state index contributed by atoms with van der Waals surface area (Å²) in [4.78, 5) is 22.8. The van der Waals surface area contributed by atoms with Gasteiger partial charge in [-0.25, -0.2) is 0 Å². The van der Waals surface area contributed by atoms with Crippen molar-refractivity contribution in [3.8, 4) is 0 Å². The Bertz CT molecular complexity index is 879. The number of carbonyl (C=O) groups is 1. The van der Waals surface area contributed by atoms with E-state index in [-0.39, 0.29) is 17.7 Å². The fraction of sp³-hybridized carbons (Fsp3) is 0.200. The van der Waals surface area contributed by atoms with Crippen molar-refractivity contribution in [3.05, 3.63) is 84.3 Å². The Morgan fingerprint density at radius 2 is 1.96 bits per heavy atom. The van der Waals surface area contributed by atoms with Crippen LogP contribution >= 0.6 is 0 Å². The third kappa shape index (κ3) is 3.39. The molecule has 130 valence electrons. The molecule has 1 aliphatic rings. The van der Waals surface area contributed by atoms with Crippen LogP contribution in [0.4, 0.5) is 0 Å². The number of aromatic nitrogens is 3. The van der Waals surface area contributed by atoms with Gasteiger partial charge in [-0.05, 0) is 23.3 Å². The first-order valence-electron chi connectivity index (χ1n) is 8.49. The zero-order valence-corrected chi connectivity index (χ0v) is 14.1. The molecule has 0 N–H and O–H groups in total. The van der Waals surface area contributed by atoms with E-state index in [0.29, 0.717) is 18.9 Å². The average molecular weight is 346 g/mol. The molecule has 3 heterocycles. The van der Waals surface area contributed by atoms with E-state index in [0.717, 1.165) is 5.56 Å². The van der Waals surface area contributed by atoms with E-state index in [4.69, 9.17) is 4.52 Å². The molecule has 0 aliphatic carbocycles. The largest absolute Gasteiger partial charge is 0.343 e. The van der Waals surface area contributed by atoms with E-state index < -0.39 is 0 Å². The van der Waals surface area contributed by atoms with Crippen molar-refractivity contribution in [2.24, 2.45) is 0 Å². The Balaban J connectivity index is 1.55. The molecule has 0 unspecified atom stereocenters.